The van der Waals surface area contributed by atoms with Crippen LogP contribution >= 0.6 is 0 Å². The molecule has 1 atom stereocenters. The summed E-state index contributed by atoms with van der Waals surface area (Å²) in [7, 11) is 0. The smallest absolute Gasteiger partial charge is 0.261 e. The third kappa shape index (κ3) is 1.81. The van der Waals surface area contributed by atoms with E-state index in [0.717, 1.165) is 12.8 Å². The summed E-state index contributed by atoms with van der Waals surface area (Å²) >= 11 is 0. The fourth-order valence-electron chi connectivity index (χ4n) is 2.89. The van der Waals surface area contributed by atoms with Gasteiger partial charge in [0.15, 0.2) is 5.65 Å². The van der Waals surface area contributed by atoms with Crippen LogP contribution in [0.25, 0.3) is 5.65 Å². The van der Waals surface area contributed by atoms with Crippen molar-refractivity contribution in [2.45, 2.75) is 25.7 Å². The van der Waals surface area contributed by atoms with Crippen molar-refractivity contribution >= 4 is 17.4 Å². The number of nitrogens with zero attached hydrogens (tertiary/aromatic N) is 4. The predicted molar refractivity (Wildman–Crippen MR) is 74.2 cm³/mol. The van der Waals surface area contributed by atoms with Gasteiger partial charge in [-0.2, -0.15) is 0 Å². The predicted octanol–water partition coefficient (Wildman–Crippen LogP) is 2.02. The maximum atomic E-state index is 12.5. The molecule has 106 valence electrons. The molecule has 0 unspecified atom stereocenters. The van der Waals surface area contributed by atoms with Gasteiger partial charge in [-0.05, 0) is 30.4 Å². The lowest BCUT2D eigenvalue weighted by atomic mass is 10.0. The van der Waals surface area contributed by atoms with E-state index in [4.69, 9.17) is 4.52 Å². The van der Waals surface area contributed by atoms with Crippen molar-refractivity contribution in [1.29, 1.82) is 0 Å². The molecule has 1 aliphatic carbocycles. The van der Waals surface area contributed by atoms with Crippen LogP contribution in [-0.2, 0) is 6.42 Å². The van der Waals surface area contributed by atoms with E-state index in [9.17, 15) is 4.79 Å². The van der Waals surface area contributed by atoms with E-state index >= 15 is 0 Å². The van der Waals surface area contributed by atoms with Gasteiger partial charge >= 0.3 is 0 Å². The van der Waals surface area contributed by atoms with Crippen molar-refractivity contribution in [3.8, 4) is 0 Å². The average Bonchev–Trinajstić information content (AvgIpc) is 3.18. The van der Waals surface area contributed by atoms with E-state index < -0.39 is 0 Å². The Hall–Kier alpha value is -2.70. The van der Waals surface area contributed by atoms with Crippen LogP contribution in [0.3, 0.4) is 0 Å². The molecule has 7 nitrogen and oxygen atoms in total. The first kappa shape index (κ1) is 12.1. The minimum atomic E-state index is -0.272. The summed E-state index contributed by atoms with van der Waals surface area (Å²) in [5.41, 5.74) is 3.44. The molecule has 0 fully saturated rings. The molecule has 7 heteroatoms. The number of aromatic nitrogens is 4. The Morgan fingerprint density at radius 2 is 2.43 bits per heavy atom. The molecule has 3 aromatic heterocycles. The highest BCUT2D eigenvalue weighted by Gasteiger charge is 2.25. The van der Waals surface area contributed by atoms with Crippen LogP contribution in [0, 0.1) is 0 Å². The lowest BCUT2D eigenvalue weighted by molar-refractivity contribution is 0.102. The van der Waals surface area contributed by atoms with E-state index in [-0.39, 0.29) is 5.91 Å². The largest absolute Gasteiger partial charge is 0.338 e. The fraction of sp³-hybridized carbons (Fsp3) is 0.286. The molecule has 0 bridgehead atoms. The number of carbonyl (C=O) groups is 1. The minimum absolute atomic E-state index is 0.272. The number of amides is 1. The second-order valence-corrected chi connectivity index (χ2v) is 5.26. The average molecular weight is 283 g/mol. The quantitative estimate of drug-likeness (QED) is 0.777. The van der Waals surface area contributed by atoms with Gasteiger partial charge in [0.05, 0.1) is 11.8 Å². The molecule has 0 spiro atoms. The molecule has 0 aromatic carbocycles. The highest BCUT2D eigenvalue weighted by molar-refractivity contribution is 6.07. The van der Waals surface area contributed by atoms with Gasteiger partial charge in [-0.25, -0.2) is 0 Å². The van der Waals surface area contributed by atoms with E-state index in [1.807, 2.05) is 10.5 Å². The molecule has 1 aliphatic rings. The number of nitrogens with one attached hydrogen (secondary N) is 1. The van der Waals surface area contributed by atoms with Gasteiger partial charge in [0.25, 0.3) is 5.91 Å². The highest BCUT2D eigenvalue weighted by Crippen LogP contribution is 2.34. The summed E-state index contributed by atoms with van der Waals surface area (Å²) in [6, 6.07) is 3.51. The van der Waals surface area contributed by atoms with Crippen LogP contribution in [0.5, 0.6) is 0 Å². The SMILES string of the molecule is C[C@@H]1CCc2c1cc(C(=O)Nc1ccno1)c1nncn21. The van der Waals surface area contributed by atoms with Crippen molar-refractivity contribution < 1.29 is 9.32 Å². The standard InChI is InChI=1S/C14H13N5O2/c1-8-2-3-11-9(8)6-10(13-18-15-7-19(11)13)14(20)17-12-4-5-16-21-12/h4-8H,2-3H2,1H3,(H,17,20)/t8-/m1/s1. The zero-order valence-electron chi connectivity index (χ0n) is 11.4. The van der Waals surface area contributed by atoms with Gasteiger partial charge in [0, 0.05) is 11.8 Å². The third-order valence-electron chi connectivity index (χ3n) is 3.98. The molecule has 0 radical (unpaired) electrons. The number of hydrogen-bond donors (Lipinski definition) is 1. The number of anilines is 1. The van der Waals surface area contributed by atoms with E-state index in [1.54, 1.807) is 12.4 Å². The molecule has 0 saturated heterocycles. The van der Waals surface area contributed by atoms with Crippen LogP contribution in [0.2, 0.25) is 0 Å². The van der Waals surface area contributed by atoms with Crippen molar-refractivity contribution in [1.82, 2.24) is 19.8 Å². The number of pyridine rings is 1. The third-order valence-corrected chi connectivity index (χ3v) is 3.98. The molecule has 1 amide bonds. The molecule has 1 N–H and O–H groups in total. The van der Waals surface area contributed by atoms with Crippen molar-refractivity contribution in [2.75, 3.05) is 5.32 Å². The number of rotatable bonds is 2. The van der Waals surface area contributed by atoms with E-state index in [0.29, 0.717) is 23.0 Å². The van der Waals surface area contributed by atoms with Gasteiger partial charge in [0.1, 0.15) is 6.33 Å². The molecular weight excluding hydrogens is 270 g/mol. The topological polar surface area (TPSA) is 85.3 Å². The summed E-state index contributed by atoms with van der Waals surface area (Å²) in [6.45, 7) is 2.17. The maximum Gasteiger partial charge on any atom is 0.261 e. The van der Waals surface area contributed by atoms with Crippen molar-refractivity contribution in [3.05, 3.63) is 41.5 Å². The summed E-state index contributed by atoms with van der Waals surface area (Å²) in [5.74, 6) is 0.474. The number of aryl methyl sites for hydroxylation is 1. The lowest BCUT2D eigenvalue weighted by Crippen LogP contribution is -2.14. The molecule has 3 aromatic rings. The Labute approximate surface area is 120 Å². The Morgan fingerprint density at radius 3 is 3.24 bits per heavy atom. The summed E-state index contributed by atoms with van der Waals surface area (Å²) < 4.78 is 6.82. The maximum absolute atomic E-state index is 12.5. The second kappa shape index (κ2) is 4.41. The van der Waals surface area contributed by atoms with Gasteiger partial charge < -0.3 is 4.52 Å². The number of fused-ring (bicyclic) bond motifs is 3. The van der Waals surface area contributed by atoms with Gasteiger partial charge in [-0.3, -0.25) is 14.5 Å². The minimum Gasteiger partial charge on any atom is -0.338 e. The number of hydrogen-bond acceptors (Lipinski definition) is 5. The lowest BCUT2D eigenvalue weighted by Gasteiger charge is -2.10. The van der Waals surface area contributed by atoms with Crippen LogP contribution in [0.4, 0.5) is 5.88 Å². The highest BCUT2D eigenvalue weighted by atomic mass is 16.5. The molecule has 4 rings (SSSR count). The van der Waals surface area contributed by atoms with Crippen LogP contribution < -0.4 is 5.32 Å². The number of carbonyl (C=O) groups excluding carboxylic acids is 1. The normalized spacial score (nSPS) is 17.1. The summed E-state index contributed by atoms with van der Waals surface area (Å²) in [5, 5.41) is 14.3. The van der Waals surface area contributed by atoms with Gasteiger partial charge in [-0.15, -0.1) is 10.2 Å². The van der Waals surface area contributed by atoms with Gasteiger partial charge in [-0.1, -0.05) is 12.1 Å². The van der Waals surface area contributed by atoms with E-state index in [2.05, 4.69) is 27.6 Å². The monoisotopic (exact) mass is 283 g/mol. The summed E-state index contributed by atoms with van der Waals surface area (Å²) in [4.78, 5) is 12.5. The molecule has 3 heterocycles. The first-order valence-electron chi connectivity index (χ1n) is 6.81. The molecule has 21 heavy (non-hydrogen) atoms. The van der Waals surface area contributed by atoms with Crippen LogP contribution in [0.15, 0.2) is 29.2 Å². The Bertz CT molecular complexity index is 821. The zero-order valence-corrected chi connectivity index (χ0v) is 11.4. The first-order valence-corrected chi connectivity index (χ1v) is 6.81. The Kier molecular flexibility index (Phi) is 2.53. The van der Waals surface area contributed by atoms with Crippen LogP contribution in [0.1, 0.15) is 40.9 Å². The van der Waals surface area contributed by atoms with Crippen molar-refractivity contribution in [2.24, 2.45) is 0 Å². The van der Waals surface area contributed by atoms with Gasteiger partial charge in [0.2, 0.25) is 5.88 Å². The van der Waals surface area contributed by atoms with Crippen LogP contribution in [-0.4, -0.2) is 25.7 Å². The molecule has 0 saturated carbocycles. The van der Waals surface area contributed by atoms with E-state index in [1.165, 1.54) is 17.5 Å². The molecular formula is C14H13N5O2. The Morgan fingerprint density at radius 1 is 1.52 bits per heavy atom. The Balaban J connectivity index is 1.83. The second-order valence-electron chi connectivity index (χ2n) is 5.26. The zero-order chi connectivity index (χ0) is 14.4. The summed E-state index contributed by atoms with van der Waals surface area (Å²) in [6.07, 6.45) is 5.20. The first-order chi connectivity index (χ1) is 10.2. The molecule has 0 aliphatic heterocycles. The fourth-order valence-corrected chi connectivity index (χ4v) is 2.89. The van der Waals surface area contributed by atoms with Crippen molar-refractivity contribution in [3.63, 3.8) is 0 Å².